The molecule has 0 aromatic rings. The fourth-order valence-electron chi connectivity index (χ4n) is 3.96. The predicted molar refractivity (Wildman–Crippen MR) is 80.8 cm³/mol. The molecule has 3 fully saturated rings. The van der Waals surface area contributed by atoms with Crippen molar-refractivity contribution in [1.29, 1.82) is 0 Å². The van der Waals surface area contributed by atoms with E-state index in [1.54, 1.807) is 0 Å². The van der Waals surface area contributed by atoms with Crippen LogP contribution in [0.25, 0.3) is 0 Å². The Morgan fingerprint density at radius 1 is 1.24 bits per heavy atom. The van der Waals surface area contributed by atoms with E-state index in [1.807, 2.05) is 0 Å². The summed E-state index contributed by atoms with van der Waals surface area (Å²) in [4.78, 5) is 26.4. The molecule has 0 radical (unpaired) electrons. The van der Waals surface area contributed by atoms with Crippen LogP contribution in [0.3, 0.4) is 0 Å². The maximum atomic E-state index is 12.7. The summed E-state index contributed by atoms with van der Waals surface area (Å²) in [6, 6.07) is -0.168. The van der Waals surface area contributed by atoms with Crippen molar-refractivity contribution < 1.29 is 9.59 Å². The van der Waals surface area contributed by atoms with Gasteiger partial charge < -0.3 is 10.6 Å². The number of hydrogen-bond acceptors (Lipinski definition) is 3. The van der Waals surface area contributed by atoms with Gasteiger partial charge in [0.2, 0.25) is 0 Å². The summed E-state index contributed by atoms with van der Waals surface area (Å²) >= 11 is 0. The molecule has 1 spiro atoms. The van der Waals surface area contributed by atoms with Crippen LogP contribution in [0.2, 0.25) is 0 Å². The van der Waals surface area contributed by atoms with E-state index in [9.17, 15) is 9.59 Å². The van der Waals surface area contributed by atoms with Crippen LogP contribution in [0, 0.1) is 11.8 Å². The summed E-state index contributed by atoms with van der Waals surface area (Å²) in [5.41, 5.74) is -0.575. The van der Waals surface area contributed by atoms with Crippen LogP contribution in [0.4, 0.5) is 4.79 Å². The Kier molecular flexibility index (Phi) is 4.20. The normalized spacial score (nSPS) is 37.1. The van der Waals surface area contributed by atoms with Gasteiger partial charge in [-0.25, -0.2) is 4.79 Å². The van der Waals surface area contributed by atoms with Crippen molar-refractivity contribution >= 4 is 11.9 Å². The number of amides is 3. The maximum Gasteiger partial charge on any atom is 0.325 e. The Morgan fingerprint density at radius 2 is 2.00 bits per heavy atom. The largest absolute Gasteiger partial charge is 0.325 e. The molecule has 2 heterocycles. The lowest BCUT2D eigenvalue weighted by atomic mass is 9.77. The van der Waals surface area contributed by atoms with Gasteiger partial charge in [-0.3, -0.25) is 9.69 Å². The van der Waals surface area contributed by atoms with Crippen LogP contribution >= 0.6 is 0 Å². The first-order valence-corrected chi connectivity index (χ1v) is 8.45. The van der Waals surface area contributed by atoms with Crippen molar-refractivity contribution in [2.24, 2.45) is 11.8 Å². The number of rotatable bonds is 3. The van der Waals surface area contributed by atoms with Gasteiger partial charge in [-0.05, 0) is 69.9 Å². The van der Waals surface area contributed by atoms with E-state index in [4.69, 9.17) is 0 Å². The Morgan fingerprint density at radius 3 is 2.67 bits per heavy atom. The number of piperidine rings is 1. The fourth-order valence-corrected chi connectivity index (χ4v) is 3.96. The number of nitrogens with one attached hydrogen (secondary N) is 2. The van der Waals surface area contributed by atoms with Gasteiger partial charge in [-0.15, -0.1) is 0 Å². The van der Waals surface area contributed by atoms with Gasteiger partial charge in [0.15, 0.2) is 0 Å². The van der Waals surface area contributed by atoms with Crippen LogP contribution in [-0.4, -0.2) is 42.0 Å². The van der Waals surface area contributed by atoms with Gasteiger partial charge in [0.25, 0.3) is 5.91 Å². The molecule has 5 heteroatoms. The summed E-state index contributed by atoms with van der Waals surface area (Å²) in [7, 11) is 0. The second-order valence-electron chi connectivity index (χ2n) is 7.15. The first kappa shape index (κ1) is 14.8. The third-order valence-electron chi connectivity index (χ3n) is 5.53. The highest BCUT2D eigenvalue weighted by Gasteiger charge is 2.51. The van der Waals surface area contributed by atoms with Gasteiger partial charge >= 0.3 is 6.03 Å². The van der Waals surface area contributed by atoms with Gasteiger partial charge in [0.05, 0.1) is 0 Å². The number of carbonyl (C=O) groups is 2. The van der Waals surface area contributed by atoms with Gasteiger partial charge in [0.1, 0.15) is 5.54 Å². The highest BCUT2D eigenvalue weighted by atomic mass is 16.2. The molecular formula is C16H27N3O2. The molecule has 2 N–H and O–H groups in total. The summed E-state index contributed by atoms with van der Waals surface area (Å²) in [5, 5.41) is 6.39. The summed E-state index contributed by atoms with van der Waals surface area (Å²) < 4.78 is 0. The average molecular weight is 293 g/mol. The fraction of sp³-hybridized carbons (Fsp3) is 0.875. The van der Waals surface area contributed by atoms with Crippen molar-refractivity contribution in [2.75, 3.05) is 19.6 Å². The SMILES string of the molecule is CC1CCC2(CC1)NC(=O)N(CCC1CCCNC1)C2=O. The van der Waals surface area contributed by atoms with Crippen LogP contribution in [0.15, 0.2) is 0 Å². The summed E-state index contributed by atoms with van der Waals surface area (Å²) in [5.74, 6) is 1.30. The minimum Gasteiger partial charge on any atom is -0.323 e. The van der Waals surface area contributed by atoms with Crippen molar-refractivity contribution in [1.82, 2.24) is 15.5 Å². The van der Waals surface area contributed by atoms with Crippen LogP contribution in [-0.2, 0) is 4.79 Å². The van der Waals surface area contributed by atoms with Crippen molar-refractivity contribution in [3.63, 3.8) is 0 Å². The van der Waals surface area contributed by atoms with E-state index in [0.29, 0.717) is 18.4 Å². The molecule has 3 rings (SSSR count). The van der Waals surface area contributed by atoms with Crippen LogP contribution < -0.4 is 10.6 Å². The van der Waals surface area contributed by atoms with Crippen LogP contribution in [0.1, 0.15) is 51.9 Å². The number of imide groups is 1. The summed E-state index contributed by atoms with van der Waals surface area (Å²) in [6.07, 6.45) is 7.02. The van der Waals surface area contributed by atoms with Crippen molar-refractivity contribution in [3.8, 4) is 0 Å². The van der Waals surface area contributed by atoms with Gasteiger partial charge in [-0.2, -0.15) is 0 Å². The van der Waals surface area contributed by atoms with E-state index in [2.05, 4.69) is 17.6 Å². The highest BCUT2D eigenvalue weighted by molar-refractivity contribution is 6.07. The van der Waals surface area contributed by atoms with E-state index in [0.717, 1.165) is 45.2 Å². The molecule has 1 aliphatic carbocycles. The Labute approximate surface area is 126 Å². The van der Waals surface area contributed by atoms with Crippen molar-refractivity contribution in [2.45, 2.75) is 57.4 Å². The van der Waals surface area contributed by atoms with Crippen LogP contribution in [0.5, 0.6) is 0 Å². The molecule has 1 saturated carbocycles. The highest BCUT2D eigenvalue weighted by Crippen LogP contribution is 2.36. The standard InChI is InChI=1S/C16H27N3O2/c1-12-4-7-16(8-5-12)14(20)19(15(21)18-16)10-6-13-3-2-9-17-11-13/h12-13,17H,2-11H2,1H3,(H,18,21). The molecule has 0 aromatic carbocycles. The minimum atomic E-state index is -0.575. The third-order valence-corrected chi connectivity index (χ3v) is 5.53. The summed E-state index contributed by atoms with van der Waals surface area (Å²) in [6.45, 7) is 4.92. The molecule has 0 bridgehead atoms. The zero-order chi connectivity index (χ0) is 14.9. The average Bonchev–Trinajstić information content (AvgIpc) is 2.73. The van der Waals surface area contributed by atoms with Gasteiger partial charge in [-0.1, -0.05) is 6.92 Å². The lowest BCUT2D eigenvalue weighted by Gasteiger charge is -2.33. The Bertz CT molecular complexity index is 410. The second kappa shape index (κ2) is 5.95. The molecule has 0 aromatic heterocycles. The zero-order valence-corrected chi connectivity index (χ0v) is 13.0. The molecule has 3 aliphatic rings. The Hall–Kier alpha value is -1.10. The van der Waals surface area contributed by atoms with E-state index >= 15 is 0 Å². The molecule has 2 saturated heterocycles. The smallest absolute Gasteiger partial charge is 0.323 e. The molecule has 5 nitrogen and oxygen atoms in total. The molecule has 1 atom stereocenters. The number of hydrogen-bond donors (Lipinski definition) is 2. The molecule has 3 amide bonds. The zero-order valence-electron chi connectivity index (χ0n) is 13.0. The Balaban J connectivity index is 1.58. The quantitative estimate of drug-likeness (QED) is 0.781. The maximum absolute atomic E-state index is 12.7. The third kappa shape index (κ3) is 2.93. The number of nitrogens with zero attached hydrogens (tertiary/aromatic N) is 1. The predicted octanol–water partition coefficient (Wildman–Crippen LogP) is 1.88. The lowest BCUT2D eigenvalue weighted by Crippen LogP contribution is -2.49. The molecule has 21 heavy (non-hydrogen) atoms. The first-order valence-electron chi connectivity index (χ1n) is 8.45. The molecule has 1 unspecified atom stereocenters. The van der Waals surface area contributed by atoms with Crippen molar-refractivity contribution in [3.05, 3.63) is 0 Å². The molecule has 2 aliphatic heterocycles. The topological polar surface area (TPSA) is 61.4 Å². The monoisotopic (exact) mass is 293 g/mol. The lowest BCUT2D eigenvalue weighted by molar-refractivity contribution is -0.132. The molecular weight excluding hydrogens is 266 g/mol. The second-order valence-corrected chi connectivity index (χ2v) is 7.15. The van der Waals surface area contributed by atoms with E-state index in [1.165, 1.54) is 17.7 Å². The first-order chi connectivity index (χ1) is 10.1. The minimum absolute atomic E-state index is 0.0307. The number of carbonyl (C=O) groups excluding carboxylic acids is 2. The van der Waals surface area contributed by atoms with E-state index < -0.39 is 5.54 Å². The number of urea groups is 1. The molecule has 118 valence electrons. The van der Waals surface area contributed by atoms with E-state index in [-0.39, 0.29) is 11.9 Å². The van der Waals surface area contributed by atoms with Gasteiger partial charge in [0, 0.05) is 6.54 Å².